The van der Waals surface area contributed by atoms with E-state index in [1.807, 2.05) is 12.1 Å². The number of nitrogens with one attached hydrogen (secondary N) is 1. The second-order valence-corrected chi connectivity index (χ2v) is 3.26. The number of hydrogen-bond donors (Lipinski definition) is 1. The van der Waals surface area contributed by atoms with Crippen molar-refractivity contribution in [2.45, 2.75) is 0 Å². The molecule has 0 bridgehead atoms. The van der Waals surface area contributed by atoms with Gasteiger partial charge in [0.25, 0.3) is 0 Å². The topological polar surface area (TPSA) is 45.8 Å². The Morgan fingerprint density at radius 2 is 2.38 bits per heavy atom. The molecule has 1 N–H and O–H groups in total. The molecule has 0 spiro atoms. The van der Waals surface area contributed by atoms with Crippen molar-refractivity contribution in [1.82, 2.24) is 10.2 Å². The Bertz CT molecular complexity index is 450. The first-order valence-electron chi connectivity index (χ1n) is 3.84. The third-order valence-electron chi connectivity index (χ3n) is 1.90. The summed E-state index contributed by atoms with van der Waals surface area (Å²) in [6.07, 6.45) is 1.71. The number of para-hydroxylation sites is 1. The number of carbonyl (C=O) groups is 1. The number of nitrogens with zero attached hydrogens (tertiary/aromatic N) is 1. The molecule has 1 aromatic carbocycles. The van der Waals surface area contributed by atoms with Crippen LogP contribution in [0, 0.1) is 0 Å². The van der Waals surface area contributed by atoms with Crippen LogP contribution in [0.1, 0.15) is 10.4 Å². The van der Waals surface area contributed by atoms with Crippen molar-refractivity contribution >= 4 is 32.6 Å². The summed E-state index contributed by atoms with van der Waals surface area (Å²) in [6, 6.07) is 5.57. The van der Waals surface area contributed by atoms with Crippen LogP contribution in [-0.4, -0.2) is 21.3 Å². The first-order valence-corrected chi connectivity index (χ1v) is 4.96. The molecule has 0 radical (unpaired) electrons. The van der Waals surface area contributed by atoms with Gasteiger partial charge in [-0.05, 0) is 6.07 Å². The van der Waals surface area contributed by atoms with Crippen LogP contribution in [0.15, 0.2) is 24.4 Å². The van der Waals surface area contributed by atoms with E-state index >= 15 is 0 Å². The maximum absolute atomic E-state index is 11.4. The highest BCUT2D eigenvalue weighted by Gasteiger charge is 2.08. The van der Waals surface area contributed by atoms with Gasteiger partial charge in [-0.25, -0.2) is 0 Å². The minimum atomic E-state index is 0.0647. The Morgan fingerprint density at radius 1 is 1.54 bits per heavy atom. The standard InChI is InChI=1S/C9H7BrN2O/c10-4-8(13)7-3-1-2-6-5-11-12-9(6)7/h1-3,5H,4H2,(H,11,12). The zero-order chi connectivity index (χ0) is 9.26. The van der Waals surface area contributed by atoms with Gasteiger partial charge in [0, 0.05) is 10.9 Å². The fourth-order valence-electron chi connectivity index (χ4n) is 1.27. The zero-order valence-electron chi connectivity index (χ0n) is 6.75. The molecule has 2 aromatic rings. The number of aromatic nitrogens is 2. The summed E-state index contributed by atoms with van der Waals surface area (Å²) in [5, 5.41) is 8.00. The maximum Gasteiger partial charge on any atom is 0.175 e. The van der Waals surface area contributed by atoms with Crippen LogP contribution < -0.4 is 0 Å². The molecule has 0 amide bonds. The second-order valence-electron chi connectivity index (χ2n) is 2.70. The molecule has 0 fully saturated rings. The van der Waals surface area contributed by atoms with Crippen molar-refractivity contribution in [1.29, 1.82) is 0 Å². The van der Waals surface area contributed by atoms with Gasteiger partial charge in [0.15, 0.2) is 5.78 Å². The first kappa shape index (κ1) is 8.44. The molecule has 0 aliphatic carbocycles. The smallest absolute Gasteiger partial charge is 0.175 e. The van der Waals surface area contributed by atoms with E-state index in [0.29, 0.717) is 10.9 Å². The summed E-state index contributed by atoms with van der Waals surface area (Å²) in [6.45, 7) is 0. The third kappa shape index (κ3) is 1.37. The molecular formula is C9H7BrN2O. The van der Waals surface area contributed by atoms with Crippen LogP contribution >= 0.6 is 15.9 Å². The van der Waals surface area contributed by atoms with Crippen LogP contribution in [0.5, 0.6) is 0 Å². The zero-order valence-corrected chi connectivity index (χ0v) is 8.34. The Balaban J connectivity index is 2.67. The van der Waals surface area contributed by atoms with E-state index in [1.165, 1.54) is 0 Å². The molecule has 1 heterocycles. The molecule has 66 valence electrons. The Labute approximate surface area is 83.3 Å². The molecule has 4 heteroatoms. The number of aromatic amines is 1. The van der Waals surface area contributed by atoms with Crippen molar-refractivity contribution in [3.05, 3.63) is 30.0 Å². The van der Waals surface area contributed by atoms with Crippen LogP contribution in [0.25, 0.3) is 10.9 Å². The summed E-state index contributed by atoms with van der Waals surface area (Å²) >= 11 is 3.14. The second kappa shape index (κ2) is 3.30. The van der Waals surface area contributed by atoms with Gasteiger partial charge in [-0.2, -0.15) is 5.10 Å². The van der Waals surface area contributed by atoms with Crippen LogP contribution in [0.4, 0.5) is 0 Å². The highest BCUT2D eigenvalue weighted by atomic mass is 79.9. The molecule has 3 nitrogen and oxygen atoms in total. The van der Waals surface area contributed by atoms with Gasteiger partial charge in [0.1, 0.15) is 0 Å². The van der Waals surface area contributed by atoms with Crippen molar-refractivity contribution in [3.63, 3.8) is 0 Å². The van der Waals surface area contributed by atoms with Gasteiger partial charge in [-0.1, -0.05) is 28.1 Å². The summed E-state index contributed by atoms with van der Waals surface area (Å²) in [5.41, 5.74) is 1.50. The van der Waals surface area contributed by atoms with Crippen molar-refractivity contribution < 1.29 is 4.79 Å². The lowest BCUT2D eigenvalue weighted by atomic mass is 10.1. The average Bonchev–Trinajstić information content (AvgIpc) is 2.63. The summed E-state index contributed by atoms with van der Waals surface area (Å²) < 4.78 is 0. The van der Waals surface area contributed by atoms with Crippen molar-refractivity contribution in [3.8, 4) is 0 Å². The molecule has 2 rings (SSSR count). The number of alkyl halides is 1. The highest BCUT2D eigenvalue weighted by molar-refractivity contribution is 9.09. The molecule has 0 unspecified atom stereocenters. The molecule has 0 saturated heterocycles. The fourth-order valence-corrected chi connectivity index (χ4v) is 1.58. The van der Waals surface area contributed by atoms with E-state index in [4.69, 9.17) is 0 Å². The lowest BCUT2D eigenvalue weighted by Gasteiger charge is -1.97. The van der Waals surface area contributed by atoms with E-state index in [2.05, 4.69) is 26.1 Å². The van der Waals surface area contributed by atoms with Gasteiger partial charge >= 0.3 is 0 Å². The molecule has 13 heavy (non-hydrogen) atoms. The third-order valence-corrected chi connectivity index (χ3v) is 2.41. The van der Waals surface area contributed by atoms with E-state index in [-0.39, 0.29) is 5.78 Å². The SMILES string of the molecule is O=C(CBr)c1cccc2cn[nH]c12. The molecule has 0 aliphatic rings. The number of H-pyrrole nitrogens is 1. The van der Waals surface area contributed by atoms with Crippen molar-refractivity contribution in [2.75, 3.05) is 5.33 Å². The molecule has 0 atom stereocenters. The van der Waals surface area contributed by atoms with E-state index in [0.717, 1.165) is 10.9 Å². The van der Waals surface area contributed by atoms with E-state index in [1.54, 1.807) is 12.3 Å². The molecule has 1 aromatic heterocycles. The van der Waals surface area contributed by atoms with Crippen LogP contribution in [0.2, 0.25) is 0 Å². The minimum Gasteiger partial charge on any atom is -0.293 e. The maximum atomic E-state index is 11.4. The number of halogens is 1. The van der Waals surface area contributed by atoms with Crippen molar-refractivity contribution in [2.24, 2.45) is 0 Å². The lowest BCUT2D eigenvalue weighted by molar-refractivity contribution is 0.102. The predicted octanol–water partition coefficient (Wildman–Crippen LogP) is 2.14. The largest absolute Gasteiger partial charge is 0.293 e. The first-order chi connectivity index (χ1) is 6.33. The molecule has 0 aliphatic heterocycles. The Morgan fingerprint density at radius 3 is 3.15 bits per heavy atom. The fraction of sp³-hybridized carbons (Fsp3) is 0.111. The van der Waals surface area contributed by atoms with E-state index < -0.39 is 0 Å². The number of fused-ring (bicyclic) bond motifs is 1. The number of ketones is 1. The normalized spacial score (nSPS) is 10.5. The van der Waals surface area contributed by atoms with Crippen LogP contribution in [0.3, 0.4) is 0 Å². The molecule has 0 saturated carbocycles. The number of carbonyl (C=O) groups excluding carboxylic acids is 1. The minimum absolute atomic E-state index is 0.0647. The summed E-state index contributed by atoms with van der Waals surface area (Å²) in [5.74, 6) is 0.0647. The lowest BCUT2D eigenvalue weighted by Crippen LogP contribution is -2.00. The van der Waals surface area contributed by atoms with Gasteiger partial charge < -0.3 is 0 Å². The highest BCUT2D eigenvalue weighted by Crippen LogP contribution is 2.16. The predicted molar refractivity (Wildman–Crippen MR) is 54.2 cm³/mol. The van der Waals surface area contributed by atoms with E-state index in [9.17, 15) is 4.79 Å². The van der Waals surface area contributed by atoms with Gasteiger partial charge in [0.05, 0.1) is 17.0 Å². The Kier molecular flexibility index (Phi) is 2.14. The number of rotatable bonds is 2. The van der Waals surface area contributed by atoms with Gasteiger partial charge in [-0.15, -0.1) is 0 Å². The molecular weight excluding hydrogens is 232 g/mol. The number of hydrogen-bond acceptors (Lipinski definition) is 2. The monoisotopic (exact) mass is 238 g/mol. The quantitative estimate of drug-likeness (QED) is 0.644. The number of Topliss-reactive ketones (excluding diaryl/α,β-unsaturated/α-hetero) is 1. The summed E-state index contributed by atoms with van der Waals surface area (Å²) in [4.78, 5) is 11.4. The van der Waals surface area contributed by atoms with Crippen LogP contribution in [-0.2, 0) is 0 Å². The van der Waals surface area contributed by atoms with Gasteiger partial charge in [-0.3, -0.25) is 9.89 Å². The number of benzene rings is 1. The average molecular weight is 239 g/mol. The van der Waals surface area contributed by atoms with Gasteiger partial charge in [0.2, 0.25) is 0 Å². The Hall–Kier alpha value is -1.16. The summed E-state index contributed by atoms with van der Waals surface area (Å²) in [7, 11) is 0.